The lowest BCUT2D eigenvalue weighted by molar-refractivity contribution is 0.0766. The number of nitrogens with one attached hydrogen (secondary N) is 1. The largest absolute Gasteiger partial charge is 0.365 e. The van der Waals surface area contributed by atoms with Gasteiger partial charge in [0, 0.05) is 19.6 Å². The Balaban J connectivity index is 2.00. The molecule has 1 N–H and O–H groups in total. The average Bonchev–Trinajstić information content (AvgIpc) is 2.55. The number of aromatic nitrogens is 2. The SMILES string of the molecule is CCN(CC)C(=O)c1cnc(NCc2ccccc2C)cn1. The van der Waals surface area contributed by atoms with Crippen LogP contribution in [-0.2, 0) is 6.54 Å². The maximum atomic E-state index is 12.1. The molecule has 22 heavy (non-hydrogen) atoms. The Bertz CT molecular complexity index is 621. The van der Waals surface area contributed by atoms with E-state index in [-0.39, 0.29) is 5.91 Å². The maximum Gasteiger partial charge on any atom is 0.274 e. The molecule has 2 rings (SSSR count). The van der Waals surface area contributed by atoms with E-state index in [9.17, 15) is 4.79 Å². The van der Waals surface area contributed by atoms with E-state index in [1.165, 1.54) is 17.3 Å². The molecule has 0 atom stereocenters. The lowest BCUT2D eigenvalue weighted by Crippen LogP contribution is -2.31. The minimum atomic E-state index is -0.0806. The molecule has 0 saturated carbocycles. The molecule has 0 aliphatic rings. The van der Waals surface area contributed by atoms with Gasteiger partial charge in [-0.05, 0) is 31.9 Å². The topological polar surface area (TPSA) is 58.1 Å². The molecule has 5 nitrogen and oxygen atoms in total. The van der Waals surface area contributed by atoms with E-state index in [2.05, 4.69) is 34.3 Å². The Kier molecular flexibility index (Phi) is 5.47. The zero-order valence-corrected chi connectivity index (χ0v) is 13.3. The molecule has 1 aromatic carbocycles. The first-order chi connectivity index (χ1) is 10.7. The van der Waals surface area contributed by atoms with Gasteiger partial charge in [-0.25, -0.2) is 9.97 Å². The van der Waals surface area contributed by atoms with Gasteiger partial charge in [-0.15, -0.1) is 0 Å². The zero-order chi connectivity index (χ0) is 15.9. The number of anilines is 1. The van der Waals surface area contributed by atoms with Crippen LogP contribution in [0.5, 0.6) is 0 Å². The predicted molar refractivity (Wildman–Crippen MR) is 87.8 cm³/mol. The van der Waals surface area contributed by atoms with Crippen molar-refractivity contribution in [3.05, 3.63) is 53.5 Å². The van der Waals surface area contributed by atoms with Gasteiger partial charge >= 0.3 is 0 Å². The number of nitrogens with zero attached hydrogens (tertiary/aromatic N) is 3. The van der Waals surface area contributed by atoms with Crippen molar-refractivity contribution >= 4 is 11.7 Å². The number of aryl methyl sites for hydroxylation is 1. The molecule has 1 amide bonds. The van der Waals surface area contributed by atoms with Crippen molar-refractivity contribution in [3.8, 4) is 0 Å². The van der Waals surface area contributed by atoms with Gasteiger partial charge in [0.1, 0.15) is 11.5 Å². The van der Waals surface area contributed by atoms with Crippen molar-refractivity contribution in [1.29, 1.82) is 0 Å². The second-order valence-electron chi connectivity index (χ2n) is 5.04. The number of rotatable bonds is 6. The number of carbonyl (C=O) groups excluding carboxylic acids is 1. The van der Waals surface area contributed by atoms with Crippen LogP contribution < -0.4 is 5.32 Å². The van der Waals surface area contributed by atoms with Crippen molar-refractivity contribution < 1.29 is 4.79 Å². The zero-order valence-electron chi connectivity index (χ0n) is 13.3. The summed E-state index contributed by atoms with van der Waals surface area (Å²) in [6, 6.07) is 8.19. The van der Waals surface area contributed by atoms with Gasteiger partial charge in [0.2, 0.25) is 0 Å². The number of benzene rings is 1. The highest BCUT2D eigenvalue weighted by Gasteiger charge is 2.14. The summed E-state index contributed by atoms with van der Waals surface area (Å²) in [6.45, 7) is 8.01. The van der Waals surface area contributed by atoms with Crippen molar-refractivity contribution in [2.45, 2.75) is 27.3 Å². The van der Waals surface area contributed by atoms with Crippen LogP contribution in [0, 0.1) is 6.92 Å². The Labute approximate surface area is 131 Å². The summed E-state index contributed by atoms with van der Waals surface area (Å²) in [6.07, 6.45) is 3.13. The van der Waals surface area contributed by atoms with E-state index in [4.69, 9.17) is 0 Å². The van der Waals surface area contributed by atoms with Gasteiger partial charge in [0.25, 0.3) is 5.91 Å². The van der Waals surface area contributed by atoms with Crippen LogP contribution in [0.1, 0.15) is 35.5 Å². The van der Waals surface area contributed by atoms with Crippen LogP contribution in [0.4, 0.5) is 5.82 Å². The van der Waals surface area contributed by atoms with Crippen LogP contribution in [-0.4, -0.2) is 33.9 Å². The van der Waals surface area contributed by atoms with E-state index >= 15 is 0 Å². The molecule has 0 fully saturated rings. The molecule has 0 radical (unpaired) electrons. The van der Waals surface area contributed by atoms with Crippen LogP contribution in [0.3, 0.4) is 0 Å². The highest BCUT2D eigenvalue weighted by molar-refractivity contribution is 5.92. The van der Waals surface area contributed by atoms with E-state index < -0.39 is 0 Å². The molecule has 2 aromatic rings. The first kappa shape index (κ1) is 15.9. The van der Waals surface area contributed by atoms with Gasteiger partial charge in [-0.3, -0.25) is 4.79 Å². The first-order valence-electron chi connectivity index (χ1n) is 7.55. The Hall–Kier alpha value is -2.43. The highest BCUT2D eigenvalue weighted by Crippen LogP contribution is 2.10. The third-order valence-corrected chi connectivity index (χ3v) is 3.64. The fourth-order valence-corrected chi connectivity index (χ4v) is 2.20. The van der Waals surface area contributed by atoms with Gasteiger partial charge in [0.15, 0.2) is 0 Å². The van der Waals surface area contributed by atoms with Gasteiger partial charge in [0.05, 0.1) is 12.4 Å². The van der Waals surface area contributed by atoms with Crippen LogP contribution in [0.2, 0.25) is 0 Å². The molecule has 0 unspecified atom stereocenters. The van der Waals surface area contributed by atoms with Crippen molar-refractivity contribution in [2.24, 2.45) is 0 Å². The third kappa shape index (κ3) is 3.81. The van der Waals surface area contributed by atoms with E-state index in [0.717, 1.165) is 0 Å². The summed E-state index contributed by atoms with van der Waals surface area (Å²) in [5, 5.41) is 3.23. The standard InChI is InChI=1S/C17H22N4O/c1-4-21(5-2)17(22)15-11-20-16(12-18-15)19-10-14-9-7-6-8-13(14)3/h6-9,11-12H,4-5,10H2,1-3H3,(H,19,20). The number of hydrogen-bond acceptors (Lipinski definition) is 4. The minimum Gasteiger partial charge on any atom is -0.365 e. The summed E-state index contributed by atoms with van der Waals surface area (Å²) >= 11 is 0. The molecule has 0 bridgehead atoms. The summed E-state index contributed by atoms with van der Waals surface area (Å²) in [4.78, 5) is 22.4. The van der Waals surface area contributed by atoms with Crippen LogP contribution in [0.25, 0.3) is 0 Å². The fraction of sp³-hybridized carbons (Fsp3) is 0.353. The van der Waals surface area contributed by atoms with Crippen molar-refractivity contribution in [2.75, 3.05) is 18.4 Å². The van der Waals surface area contributed by atoms with Crippen molar-refractivity contribution in [1.82, 2.24) is 14.9 Å². The summed E-state index contributed by atoms with van der Waals surface area (Å²) < 4.78 is 0. The van der Waals surface area contributed by atoms with Gasteiger partial charge in [-0.2, -0.15) is 0 Å². The molecule has 0 saturated heterocycles. The van der Waals surface area contributed by atoms with Crippen LogP contribution >= 0.6 is 0 Å². The molecule has 1 aromatic heterocycles. The number of carbonyl (C=O) groups is 1. The smallest absolute Gasteiger partial charge is 0.274 e. The lowest BCUT2D eigenvalue weighted by Gasteiger charge is -2.17. The summed E-state index contributed by atoms with van der Waals surface area (Å²) in [5.74, 6) is 0.585. The molecular weight excluding hydrogens is 276 g/mol. The maximum absolute atomic E-state index is 12.1. The Morgan fingerprint density at radius 1 is 1.14 bits per heavy atom. The molecule has 5 heteroatoms. The molecule has 1 heterocycles. The fourth-order valence-electron chi connectivity index (χ4n) is 2.20. The van der Waals surface area contributed by atoms with Gasteiger partial charge < -0.3 is 10.2 Å². The van der Waals surface area contributed by atoms with Gasteiger partial charge in [-0.1, -0.05) is 24.3 Å². The predicted octanol–water partition coefficient (Wildman–Crippen LogP) is 2.88. The monoisotopic (exact) mass is 298 g/mol. The van der Waals surface area contributed by atoms with Crippen molar-refractivity contribution in [3.63, 3.8) is 0 Å². The summed E-state index contributed by atoms with van der Waals surface area (Å²) in [5.41, 5.74) is 2.83. The van der Waals surface area contributed by atoms with E-state index in [1.807, 2.05) is 26.0 Å². The molecule has 116 valence electrons. The van der Waals surface area contributed by atoms with Crippen LogP contribution in [0.15, 0.2) is 36.7 Å². The minimum absolute atomic E-state index is 0.0806. The quantitative estimate of drug-likeness (QED) is 0.891. The lowest BCUT2D eigenvalue weighted by atomic mass is 10.1. The first-order valence-corrected chi connectivity index (χ1v) is 7.55. The summed E-state index contributed by atoms with van der Waals surface area (Å²) in [7, 11) is 0. The van der Waals surface area contributed by atoms with E-state index in [0.29, 0.717) is 31.1 Å². The second-order valence-corrected chi connectivity index (χ2v) is 5.04. The molecule has 0 spiro atoms. The third-order valence-electron chi connectivity index (χ3n) is 3.64. The Morgan fingerprint density at radius 3 is 2.45 bits per heavy atom. The number of amides is 1. The molecular formula is C17H22N4O. The highest BCUT2D eigenvalue weighted by atomic mass is 16.2. The number of hydrogen-bond donors (Lipinski definition) is 1. The van der Waals surface area contributed by atoms with E-state index in [1.54, 1.807) is 11.1 Å². The molecule has 0 aliphatic heterocycles. The second kappa shape index (κ2) is 7.54. The Morgan fingerprint density at radius 2 is 1.86 bits per heavy atom. The average molecular weight is 298 g/mol. The molecule has 0 aliphatic carbocycles. The normalized spacial score (nSPS) is 10.3.